The lowest BCUT2D eigenvalue weighted by Crippen LogP contribution is -2.39. The van der Waals surface area contributed by atoms with Gasteiger partial charge in [0.05, 0.1) is 7.11 Å². The Kier molecular flexibility index (Phi) is 7.14. The summed E-state index contributed by atoms with van der Waals surface area (Å²) in [5, 5.41) is 2.54. The number of amides is 1. The molecule has 5 rings (SSSR count). The summed E-state index contributed by atoms with van der Waals surface area (Å²) >= 11 is 0. The first-order valence-electron chi connectivity index (χ1n) is 10.8. The lowest BCUT2D eigenvalue weighted by Gasteiger charge is -2.35. The van der Waals surface area contributed by atoms with E-state index in [9.17, 15) is 9.59 Å². The average molecular weight is 410 g/mol. The van der Waals surface area contributed by atoms with E-state index in [1.54, 1.807) is 26.3 Å². The molecule has 0 radical (unpaired) electrons. The standard InChI is InChI=1S/C15H16O3.C8H9NO.C2H6/c1-17-11-7-5-9-3-2-8-4-6-10(16)14-12(8)13(9)15(11)18-14;1-9-8(10)7-5-3-2-4-6-7;1-2/h5,7-8,12,14H,2-4,6H2,1H3;2-6H,1H3,(H,9,10);1-2H3. The van der Waals surface area contributed by atoms with Crippen molar-refractivity contribution in [3.8, 4) is 11.5 Å². The van der Waals surface area contributed by atoms with E-state index in [4.69, 9.17) is 9.47 Å². The first-order chi connectivity index (χ1) is 14.6. The van der Waals surface area contributed by atoms with Gasteiger partial charge in [-0.3, -0.25) is 9.59 Å². The summed E-state index contributed by atoms with van der Waals surface area (Å²) in [6, 6.07) is 13.2. The summed E-state index contributed by atoms with van der Waals surface area (Å²) in [6.45, 7) is 4.00. The number of carbonyl (C=O) groups is 2. The molecule has 1 aliphatic heterocycles. The number of ether oxygens (including phenoxy) is 2. The summed E-state index contributed by atoms with van der Waals surface area (Å²) in [4.78, 5) is 23.0. The van der Waals surface area contributed by atoms with Gasteiger partial charge in [-0.1, -0.05) is 38.1 Å². The number of benzene rings is 2. The van der Waals surface area contributed by atoms with Gasteiger partial charge in [0.25, 0.3) is 5.91 Å². The second kappa shape index (κ2) is 9.79. The summed E-state index contributed by atoms with van der Waals surface area (Å²) in [5.74, 6) is 2.75. The highest BCUT2D eigenvalue weighted by atomic mass is 16.5. The van der Waals surface area contributed by atoms with Crippen LogP contribution in [-0.2, 0) is 11.2 Å². The molecule has 3 atom stereocenters. The Labute approximate surface area is 178 Å². The van der Waals surface area contributed by atoms with E-state index in [-0.39, 0.29) is 17.8 Å². The Morgan fingerprint density at radius 2 is 1.77 bits per heavy atom. The Morgan fingerprint density at radius 3 is 2.43 bits per heavy atom. The van der Waals surface area contributed by atoms with Crippen LogP contribution in [0.5, 0.6) is 11.5 Å². The van der Waals surface area contributed by atoms with Crippen molar-refractivity contribution in [2.24, 2.45) is 5.92 Å². The number of Topliss-reactive ketones (excluding diaryl/α,β-unsaturated/α-hetero) is 1. The van der Waals surface area contributed by atoms with Gasteiger partial charge in [0.2, 0.25) is 0 Å². The van der Waals surface area contributed by atoms with E-state index in [0.29, 0.717) is 23.8 Å². The van der Waals surface area contributed by atoms with Crippen molar-refractivity contribution >= 4 is 11.7 Å². The van der Waals surface area contributed by atoms with E-state index in [1.807, 2.05) is 38.1 Å². The summed E-state index contributed by atoms with van der Waals surface area (Å²) in [5.41, 5.74) is 3.32. The number of carbonyl (C=O) groups excluding carboxylic acids is 2. The van der Waals surface area contributed by atoms with E-state index >= 15 is 0 Å². The van der Waals surface area contributed by atoms with Crippen molar-refractivity contribution in [2.75, 3.05) is 14.2 Å². The summed E-state index contributed by atoms with van der Waals surface area (Å²) in [7, 11) is 3.28. The molecule has 160 valence electrons. The minimum atomic E-state index is -0.242. The predicted octanol–water partition coefficient (Wildman–Crippen LogP) is 4.54. The molecule has 1 fully saturated rings. The van der Waals surface area contributed by atoms with Gasteiger partial charge in [-0.05, 0) is 48.9 Å². The normalized spacial score (nSPS) is 22.3. The number of ketones is 1. The van der Waals surface area contributed by atoms with E-state index in [0.717, 1.165) is 24.3 Å². The van der Waals surface area contributed by atoms with Crippen LogP contribution < -0.4 is 14.8 Å². The highest BCUT2D eigenvalue weighted by molar-refractivity contribution is 5.93. The van der Waals surface area contributed by atoms with Gasteiger partial charge in [0, 0.05) is 30.5 Å². The van der Waals surface area contributed by atoms with Crippen LogP contribution in [0.15, 0.2) is 42.5 Å². The third-order valence-electron chi connectivity index (χ3n) is 6.01. The van der Waals surface area contributed by atoms with Crippen LogP contribution in [0.3, 0.4) is 0 Å². The Balaban J connectivity index is 0.000000183. The average Bonchev–Trinajstić information content (AvgIpc) is 3.23. The zero-order valence-electron chi connectivity index (χ0n) is 18.2. The quantitative estimate of drug-likeness (QED) is 0.791. The largest absolute Gasteiger partial charge is 0.493 e. The van der Waals surface area contributed by atoms with Crippen molar-refractivity contribution in [1.29, 1.82) is 0 Å². The predicted molar refractivity (Wildman–Crippen MR) is 117 cm³/mol. The third kappa shape index (κ3) is 4.07. The van der Waals surface area contributed by atoms with Gasteiger partial charge in [-0.25, -0.2) is 0 Å². The van der Waals surface area contributed by atoms with Gasteiger partial charge in [-0.2, -0.15) is 0 Å². The molecular formula is C25H31NO4. The minimum Gasteiger partial charge on any atom is -0.493 e. The molecule has 2 aromatic rings. The van der Waals surface area contributed by atoms with Gasteiger partial charge >= 0.3 is 0 Å². The Hall–Kier alpha value is -2.82. The highest BCUT2D eigenvalue weighted by Gasteiger charge is 2.50. The fourth-order valence-electron chi connectivity index (χ4n) is 4.63. The Morgan fingerprint density at radius 1 is 1.07 bits per heavy atom. The molecule has 2 aliphatic carbocycles. The van der Waals surface area contributed by atoms with Crippen LogP contribution in [0.2, 0.25) is 0 Å². The molecular weight excluding hydrogens is 378 g/mol. The molecule has 0 aromatic heterocycles. The van der Waals surface area contributed by atoms with Crippen LogP contribution in [0.1, 0.15) is 60.5 Å². The Bertz CT molecular complexity index is 894. The van der Waals surface area contributed by atoms with Crippen molar-refractivity contribution in [3.63, 3.8) is 0 Å². The zero-order valence-corrected chi connectivity index (χ0v) is 18.2. The monoisotopic (exact) mass is 409 g/mol. The van der Waals surface area contributed by atoms with E-state index < -0.39 is 0 Å². The molecule has 3 unspecified atom stereocenters. The lowest BCUT2D eigenvalue weighted by molar-refractivity contribution is -0.129. The maximum absolute atomic E-state index is 12.1. The molecule has 5 nitrogen and oxygen atoms in total. The molecule has 1 N–H and O–H groups in total. The summed E-state index contributed by atoms with van der Waals surface area (Å²) in [6.07, 6.45) is 3.76. The van der Waals surface area contributed by atoms with Crippen LogP contribution in [0.25, 0.3) is 0 Å². The maximum atomic E-state index is 12.1. The van der Waals surface area contributed by atoms with Gasteiger partial charge < -0.3 is 14.8 Å². The molecule has 3 aliphatic rings. The second-order valence-corrected chi connectivity index (χ2v) is 7.48. The molecule has 30 heavy (non-hydrogen) atoms. The fourth-order valence-corrected chi connectivity index (χ4v) is 4.63. The van der Waals surface area contributed by atoms with Crippen molar-refractivity contribution in [1.82, 2.24) is 5.32 Å². The molecule has 5 heteroatoms. The molecule has 1 amide bonds. The smallest absolute Gasteiger partial charge is 0.251 e. The van der Waals surface area contributed by atoms with Crippen molar-refractivity contribution in [2.45, 2.75) is 51.6 Å². The number of hydrogen-bond donors (Lipinski definition) is 1. The molecule has 0 spiro atoms. The number of aryl methyl sites for hydroxylation is 1. The van der Waals surface area contributed by atoms with Crippen LogP contribution in [0.4, 0.5) is 0 Å². The molecule has 0 bridgehead atoms. The number of nitrogens with one attached hydrogen (secondary N) is 1. The van der Waals surface area contributed by atoms with Crippen LogP contribution >= 0.6 is 0 Å². The zero-order chi connectivity index (χ0) is 21.7. The molecule has 2 aromatic carbocycles. The van der Waals surface area contributed by atoms with E-state index in [1.165, 1.54) is 17.5 Å². The second-order valence-electron chi connectivity index (χ2n) is 7.48. The minimum absolute atomic E-state index is 0.0411. The highest BCUT2D eigenvalue weighted by Crippen LogP contribution is 2.55. The van der Waals surface area contributed by atoms with Crippen molar-refractivity contribution in [3.05, 3.63) is 59.2 Å². The summed E-state index contributed by atoms with van der Waals surface area (Å²) < 4.78 is 11.3. The fraction of sp³-hybridized carbons (Fsp3) is 0.440. The molecule has 1 heterocycles. The third-order valence-corrected chi connectivity index (χ3v) is 6.01. The lowest BCUT2D eigenvalue weighted by atomic mass is 9.67. The first-order valence-corrected chi connectivity index (χ1v) is 10.8. The van der Waals surface area contributed by atoms with E-state index in [2.05, 4.69) is 11.4 Å². The van der Waals surface area contributed by atoms with Gasteiger partial charge in [0.1, 0.15) is 0 Å². The number of hydrogen-bond acceptors (Lipinski definition) is 4. The molecule has 1 saturated carbocycles. The topological polar surface area (TPSA) is 64.6 Å². The van der Waals surface area contributed by atoms with Crippen LogP contribution in [0, 0.1) is 5.92 Å². The SMILES string of the molecule is CC.CNC(=O)c1ccccc1.COc1ccc2c3c1OC1C(=O)CCC(CC2)C31. The maximum Gasteiger partial charge on any atom is 0.251 e. The number of rotatable bonds is 2. The molecule has 0 saturated heterocycles. The van der Waals surface area contributed by atoms with Gasteiger partial charge in [0.15, 0.2) is 23.4 Å². The van der Waals surface area contributed by atoms with Gasteiger partial charge in [-0.15, -0.1) is 0 Å². The van der Waals surface area contributed by atoms with Crippen LogP contribution in [-0.4, -0.2) is 32.0 Å². The number of methoxy groups -OCH3 is 1. The first kappa shape index (κ1) is 21.9. The van der Waals surface area contributed by atoms with Crippen molar-refractivity contribution < 1.29 is 19.1 Å².